The maximum Gasteiger partial charge on any atom is 0.355 e. The number of nitrogens with one attached hydrogen (secondary N) is 1. The molecule has 0 spiro atoms. The number of halogens is 2. The van der Waals surface area contributed by atoms with E-state index in [0.717, 1.165) is 76.7 Å². The molecule has 0 amide bonds. The van der Waals surface area contributed by atoms with E-state index in [0.29, 0.717) is 52.4 Å². The van der Waals surface area contributed by atoms with Gasteiger partial charge in [-0.2, -0.15) is 0 Å². The first-order valence-electron chi connectivity index (χ1n) is 22.0. The van der Waals surface area contributed by atoms with Gasteiger partial charge in [0.2, 0.25) is 9.84 Å². The molecule has 6 aromatic rings. The molecule has 3 heterocycles. The highest BCUT2D eigenvalue weighted by Gasteiger charge is 2.29. The molecule has 0 saturated carbocycles. The van der Waals surface area contributed by atoms with Crippen molar-refractivity contribution in [2.75, 3.05) is 71.6 Å². The second-order valence-corrected chi connectivity index (χ2v) is 20.3. The van der Waals surface area contributed by atoms with Crippen molar-refractivity contribution in [3.8, 4) is 0 Å². The van der Waals surface area contributed by atoms with Crippen LogP contribution < -0.4 is 31.3 Å². The number of thioether (sulfide) groups is 2. The van der Waals surface area contributed by atoms with Crippen molar-refractivity contribution in [1.29, 1.82) is 0 Å². The SMILES string of the molecule is CCNc1cc(Cl)ccc1SCC=C1Sc2ccc(Cl)cc2N1CCCCCC(=O)OCCN(CC)c1ccc2cc(S(=O)(=O)c3cc4ccc(N(CC)CC)cc4oc3=O)c(=O)oc2c1. The summed E-state index contributed by atoms with van der Waals surface area (Å²) in [6.45, 7) is 12.2. The molecule has 0 radical (unpaired) electrons. The Hall–Kier alpha value is -5.06. The highest BCUT2D eigenvalue weighted by atomic mass is 35.5. The fraction of sp³-hybridized carbons (Fsp3) is 0.327. The molecule has 12 nitrogen and oxygen atoms in total. The van der Waals surface area contributed by atoms with Crippen LogP contribution in [0.4, 0.5) is 22.7 Å². The van der Waals surface area contributed by atoms with Gasteiger partial charge in [0, 0.05) is 105 Å². The first-order valence-corrected chi connectivity index (χ1v) is 26.0. The summed E-state index contributed by atoms with van der Waals surface area (Å²) in [6.07, 6.45) is 4.94. The number of likely N-dealkylation sites (N-methyl/N-ethyl adjacent to an activating group) is 1. The molecule has 7 rings (SSSR count). The van der Waals surface area contributed by atoms with Crippen LogP contribution in [0.25, 0.3) is 21.9 Å². The van der Waals surface area contributed by atoms with Crippen LogP contribution in [-0.2, 0) is 19.4 Å². The quantitative estimate of drug-likeness (QED) is 0.0316. The molecule has 0 aliphatic carbocycles. The number of hydrogen-bond donors (Lipinski definition) is 1. The molecular weight excluding hydrogens is 940 g/mol. The second-order valence-electron chi connectivity index (χ2n) is 15.4. The Balaban J connectivity index is 0.912. The lowest BCUT2D eigenvalue weighted by molar-refractivity contribution is -0.143. The van der Waals surface area contributed by atoms with E-state index in [1.54, 1.807) is 53.9 Å². The fourth-order valence-corrected chi connectivity index (χ4v) is 11.5. The normalized spacial score (nSPS) is 13.1. The molecule has 0 fully saturated rings. The van der Waals surface area contributed by atoms with Crippen molar-refractivity contribution in [1.82, 2.24) is 0 Å². The lowest BCUT2D eigenvalue weighted by Crippen LogP contribution is -2.28. The summed E-state index contributed by atoms with van der Waals surface area (Å²) in [4.78, 5) is 46.4. The van der Waals surface area contributed by atoms with Crippen LogP contribution in [-0.4, -0.2) is 66.0 Å². The summed E-state index contributed by atoms with van der Waals surface area (Å²) >= 11 is 16.2. The zero-order valence-electron chi connectivity index (χ0n) is 37.2. The predicted molar refractivity (Wildman–Crippen MR) is 270 cm³/mol. The van der Waals surface area contributed by atoms with Gasteiger partial charge in [-0.15, -0.1) is 11.8 Å². The van der Waals surface area contributed by atoms with E-state index in [4.69, 9.17) is 36.8 Å². The lowest BCUT2D eigenvalue weighted by atomic mass is 10.2. The highest BCUT2D eigenvalue weighted by molar-refractivity contribution is 8.04. The van der Waals surface area contributed by atoms with E-state index < -0.39 is 30.9 Å². The van der Waals surface area contributed by atoms with Crippen molar-refractivity contribution in [2.24, 2.45) is 0 Å². The van der Waals surface area contributed by atoms with E-state index in [2.05, 4.69) is 34.2 Å². The van der Waals surface area contributed by atoms with E-state index in [1.165, 1.54) is 12.1 Å². The van der Waals surface area contributed by atoms with Gasteiger partial charge >= 0.3 is 17.2 Å². The number of anilines is 4. The maximum atomic E-state index is 13.7. The van der Waals surface area contributed by atoms with E-state index in [-0.39, 0.29) is 23.7 Å². The van der Waals surface area contributed by atoms with Crippen LogP contribution in [0.3, 0.4) is 0 Å². The van der Waals surface area contributed by atoms with Gasteiger partial charge in [0.15, 0.2) is 9.79 Å². The molecule has 17 heteroatoms. The monoisotopic (exact) mass is 990 g/mol. The summed E-state index contributed by atoms with van der Waals surface area (Å²) in [5.74, 6) is 0.501. The second kappa shape index (κ2) is 22.2. The summed E-state index contributed by atoms with van der Waals surface area (Å²) in [6, 6.07) is 24.6. The first-order chi connectivity index (χ1) is 31.8. The number of carbonyl (C=O) groups is 1. The van der Waals surface area contributed by atoms with Gasteiger partial charge in [0.25, 0.3) is 0 Å². The van der Waals surface area contributed by atoms with Gasteiger partial charge in [0.05, 0.1) is 17.3 Å². The van der Waals surface area contributed by atoms with Crippen LogP contribution in [0, 0.1) is 0 Å². The molecule has 0 unspecified atom stereocenters. The minimum absolute atomic E-state index is 0.150. The number of benzene rings is 4. The molecule has 0 atom stereocenters. The topological polar surface area (TPSA) is 143 Å². The molecule has 1 N–H and O–H groups in total. The third-order valence-electron chi connectivity index (χ3n) is 11.2. The summed E-state index contributed by atoms with van der Waals surface area (Å²) in [5, 5.41) is 6.69. The number of rotatable bonds is 21. The van der Waals surface area contributed by atoms with Crippen molar-refractivity contribution >= 4 is 107 Å². The number of ether oxygens (including phenoxy) is 1. The molecule has 4 aromatic carbocycles. The smallest absolute Gasteiger partial charge is 0.355 e. The van der Waals surface area contributed by atoms with Crippen LogP contribution in [0.15, 0.2) is 134 Å². The number of esters is 1. The number of sulfone groups is 1. The minimum atomic E-state index is -4.61. The summed E-state index contributed by atoms with van der Waals surface area (Å²) < 4.78 is 44.1. The first kappa shape index (κ1) is 48.9. The number of unbranched alkanes of at least 4 members (excludes halogenated alkanes) is 2. The van der Waals surface area contributed by atoms with Gasteiger partial charge in [-0.05, 0) is 119 Å². The van der Waals surface area contributed by atoms with Gasteiger partial charge in [-0.1, -0.05) is 41.4 Å². The molecule has 1 aliphatic heterocycles. The van der Waals surface area contributed by atoms with Crippen molar-refractivity contribution in [2.45, 2.75) is 73.0 Å². The molecule has 2 aromatic heterocycles. The Morgan fingerprint density at radius 1 is 0.788 bits per heavy atom. The third kappa shape index (κ3) is 11.4. The Kier molecular flexibility index (Phi) is 16.4. The average Bonchev–Trinajstić information content (AvgIpc) is 3.63. The lowest BCUT2D eigenvalue weighted by Gasteiger charge is -2.23. The number of fused-ring (bicyclic) bond motifs is 3. The largest absolute Gasteiger partial charge is 0.464 e. The number of hydrogen-bond acceptors (Lipinski definition) is 14. The summed E-state index contributed by atoms with van der Waals surface area (Å²) in [5.41, 5.74) is 1.86. The molecule has 66 heavy (non-hydrogen) atoms. The van der Waals surface area contributed by atoms with Gasteiger partial charge in [0.1, 0.15) is 17.8 Å². The maximum absolute atomic E-state index is 13.7. The van der Waals surface area contributed by atoms with Gasteiger partial charge in [-0.3, -0.25) is 4.79 Å². The predicted octanol–water partition coefficient (Wildman–Crippen LogP) is 11.5. The summed E-state index contributed by atoms with van der Waals surface area (Å²) in [7, 11) is -4.61. The Morgan fingerprint density at radius 2 is 1.41 bits per heavy atom. The minimum Gasteiger partial charge on any atom is -0.464 e. The van der Waals surface area contributed by atoms with Crippen molar-refractivity contribution < 1.29 is 26.8 Å². The standard InChI is InChI=1S/C49H52Cl2N4O8S3/c1-5-52-38-28-34(50)15-19-42(38)64-25-21-46-55(39-29-35(51)16-20-43(39)65-46)22-11-9-10-12-47(56)61-24-23-54(8-4)37-18-14-33-27-45(49(58)63-41(33)31-37)66(59,60)44-26-32-13-17-36(53(6-2)7-3)30-40(32)62-48(44)57/h13-21,26-31,52H,5-12,22-25H2,1-4H3. The van der Waals surface area contributed by atoms with Crippen LogP contribution >= 0.6 is 46.7 Å². The highest BCUT2D eigenvalue weighted by Crippen LogP contribution is 2.47. The fourth-order valence-electron chi connectivity index (χ4n) is 7.78. The Bertz CT molecular complexity index is 2990. The van der Waals surface area contributed by atoms with Crippen molar-refractivity contribution in [3.05, 3.63) is 127 Å². The molecule has 348 valence electrons. The Labute approximate surface area is 403 Å². The molecule has 0 saturated heterocycles. The van der Waals surface area contributed by atoms with Crippen molar-refractivity contribution in [3.63, 3.8) is 0 Å². The third-order valence-corrected chi connectivity index (χ3v) is 15.6. The van der Waals surface area contributed by atoms with E-state index >= 15 is 0 Å². The molecular formula is C49H52Cl2N4O8S3. The van der Waals surface area contributed by atoms with Crippen LogP contribution in [0.2, 0.25) is 10.0 Å². The van der Waals surface area contributed by atoms with E-state index in [9.17, 15) is 22.8 Å². The van der Waals surface area contributed by atoms with E-state index in [1.807, 2.05) is 62.1 Å². The number of carbonyl (C=O) groups excluding carboxylic acids is 1. The van der Waals surface area contributed by atoms with Gasteiger partial charge in [-0.25, -0.2) is 18.0 Å². The zero-order valence-corrected chi connectivity index (χ0v) is 41.2. The van der Waals surface area contributed by atoms with Crippen LogP contribution in [0.5, 0.6) is 0 Å². The molecule has 1 aliphatic rings. The van der Waals surface area contributed by atoms with Gasteiger partial charge < -0.3 is 33.6 Å². The van der Waals surface area contributed by atoms with Crippen LogP contribution in [0.1, 0.15) is 53.4 Å². The zero-order chi connectivity index (χ0) is 47.0. The average molecular weight is 992 g/mol. The Morgan fingerprint density at radius 3 is 2.05 bits per heavy atom. The molecule has 0 bridgehead atoms. The number of nitrogens with zero attached hydrogens (tertiary/aromatic N) is 3.